The molecule has 0 radical (unpaired) electrons. The van der Waals surface area contributed by atoms with Gasteiger partial charge in [-0.3, -0.25) is 19.7 Å². The van der Waals surface area contributed by atoms with Crippen LogP contribution in [-0.2, 0) is 4.79 Å². The highest BCUT2D eigenvalue weighted by atomic mass is 35.5. The van der Waals surface area contributed by atoms with Crippen molar-refractivity contribution in [1.29, 1.82) is 0 Å². The van der Waals surface area contributed by atoms with Crippen LogP contribution < -0.4 is 4.90 Å². The molecule has 2 heterocycles. The maximum atomic E-state index is 13.1. The molecule has 0 aromatic heterocycles. The number of likely N-dealkylation sites (tertiary alicyclic amines) is 1. The quantitative estimate of drug-likeness (QED) is 0.519. The van der Waals surface area contributed by atoms with Crippen molar-refractivity contribution >= 4 is 34.8 Å². The van der Waals surface area contributed by atoms with Crippen LogP contribution in [0.3, 0.4) is 0 Å². The Morgan fingerprint density at radius 3 is 2.19 bits per heavy atom. The molecule has 1 atom stereocenters. The van der Waals surface area contributed by atoms with Crippen molar-refractivity contribution in [3.05, 3.63) is 69.2 Å². The highest BCUT2D eigenvalue weighted by Crippen LogP contribution is 2.24. The van der Waals surface area contributed by atoms with Crippen LogP contribution in [0.15, 0.2) is 48.5 Å². The third-order valence-corrected chi connectivity index (χ3v) is 6.42. The highest BCUT2D eigenvalue weighted by Gasteiger charge is 2.33. The molecule has 2 aliphatic heterocycles. The molecule has 9 heteroatoms. The van der Waals surface area contributed by atoms with Crippen LogP contribution in [0.2, 0.25) is 5.02 Å². The lowest BCUT2D eigenvalue weighted by atomic mass is 9.95. The lowest BCUT2D eigenvalue weighted by Crippen LogP contribution is -2.53. The van der Waals surface area contributed by atoms with Gasteiger partial charge in [0.15, 0.2) is 0 Å². The second-order valence-electron chi connectivity index (χ2n) is 8.18. The molecule has 2 saturated heterocycles. The molecule has 32 heavy (non-hydrogen) atoms. The van der Waals surface area contributed by atoms with Crippen LogP contribution in [0.25, 0.3) is 0 Å². The van der Waals surface area contributed by atoms with E-state index < -0.39 is 4.92 Å². The molecule has 0 aliphatic carbocycles. The van der Waals surface area contributed by atoms with E-state index in [1.54, 1.807) is 41.3 Å². The van der Waals surface area contributed by atoms with Gasteiger partial charge in [0.2, 0.25) is 5.91 Å². The largest absolute Gasteiger partial charge is 0.368 e. The van der Waals surface area contributed by atoms with Crippen molar-refractivity contribution in [3.63, 3.8) is 0 Å². The molecule has 0 unspecified atom stereocenters. The number of non-ortho nitro benzene ring substituents is 1. The number of rotatable bonds is 4. The Morgan fingerprint density at radius 2 is 1.56 bits per heavy atom. The van der Waals surface area contributed by atoms with Gasteiger partial charge in [0, 0.05) is 67.7 Å². The lowest BCUT2D eigenvalue weighted by Gasteiger charge is -2.39. The molecular formula is C23H25ClN4O4. The number of hydrogen-bond acceptors (Lipinski definition) is 5. The average molecular weight is 457 g/mol. The van der Waals surface area contributed by atoms with Gasteiger partial charge in [-0.05, 0) is 49.2 Å². The first-order chi connectivity index (χ1) is 15.4. The zero-order valence-electron chi connectivity index (χ0n) is 17.7. The Bertz CT molecular complexity index is 988. The number of carbonyl (C=O) groups is 2. The van der Waals surface area contributed by atoms with Gasteiger partial charge in [0.1, 0.15) is 0 Å². The molecule has 0 spiro atoms. The number of nitrogens with zero attached hydrogens (tertiary/aromatic N) is 4. The van der Waals surface area contributed by atoms with Gasteiger partial charge in [-0.1, -0.05) is 11.6 Å². The number of piperidine rings is 1. The fraction of sp³-hybridized carbons (Fsp3) is 0.391. The van der Waals surface area contributed by atoms with Crippen LogP contribution in [0.4, 0.5) is 11.4 Å². The SMILES string of the molecule is O=C(c1ccc(Cl)cc1)N1CCC[C@H](C(=O)N2CCN(c3ccc([N+](=O)[O-])cc3)CC2)C1. The smallest absolute Gasteiger partial charge is 0.269 e. The molecule has 2 amide bonds. The zero-order chi connectivity index (χ0) is 22.7. The number of halogens is 1. The summed E-state index contributed by atoms with van der Waals surface area (Å²) in [5.74, 6) is -0.157. The van der Waals surface area contributed by atoms with E-state index in [0.717, 1.165) is 18.5 Å². The van der Waals surface area contributed by atoms with E-state index >= 15 is 0 Å². The minimum absolute atomic E-state index is 0.0672. The molecule has 4 rings (SSSR count). The summed E-state index contributed by atoms with van der Waals surface area (Å²) in [6.45, 7) is 3.62. The van der Waals surface area contributed by atoms with Gasteiger partial charge in [-0.2, -0.15) is 0 Å². The minimum Gasteiger partial charge on any atom is -0.368 e. The fourth-order valence-corrected chi connectivity index (χ4v) is 4.49. The molecule has 2 aliphatic rings. The van der Waals surface area contributed by atoms with E-state index in [1.165, 1.54) is 12.1 Å². The topological polar surface area (TPSA) is 87.0 Å². The van der Waals surface area contributed by atoms with Crippen molar-refractivity contribution in [1.82, 2.24) is 9.80 Å². The van der Waals surface area contributed by atoms with Gasteiger partial charge in [0.05, 0.1) is 10.8 Å². The Kier molecular flexibility index (Phi) is 6.60. The van der Waals surface area contributed by atoms with Crippen LogP contribution in [0, 0.1) is 16.0 Å². The number of piperazine rings is 1. The van der Waals surface area contributed by atoms with Gasteiger partial charge in [-0.15, -0.1) is 0 Å². The molecule has 2 aromatic carbocycles. The third kappa shape index (κ3) is 4.85. The summed E-state index contributed by atoms with van der Waals surface area (Å²) in [4.78, 5) is 42.2. The first-order valence-electron chi connectivity index (χ1n) is 10.8. The minimum atomic E-state index is -0.411. The molecule has 0 saturated carbocycles. The number of nitro groups is 1. The zero-order valence-corrected chi connectivity index (χ0v) is 18.4. The summed E-state index contributed by atoms with van der Waals surface area (Å²) in [5, 5.41) is 11.4. The van der Waals surface area contributed by atoms with Crippen molar-refractivity contribution < 1.29 is 14.5 Å². The van der Waals surface area contributed by atoms with Crippen molar-refractivity contribution in [2.75, 3.05) is 44.2 Å². The summed E-state index contributed by atoms with van der Waals surface area (Å²) in [6.07, 6.45) is 1.59. The predicted molar refractivity (Wildman–Crippen MR) is 122 cm³/mol. The maximum Gasteiger partial charge on any atom is 0.269 e. The van der Waals surface area contributed by atoms with E-state index in [1.807, 2.05) is 4.90 Å². The monoisotopic (exact) mass is 456 g/mol. The summed E-state index contributed by atoms with van der Waals surface area (Å²) >= 11 is 5.92. The summed E-state index contributed by atoms with van der Waals surface area (Å²) < 4.78 is 0. The summed E-state index contributed by atoms with van der Waals surface area (Å²) in [6, 6.07) is 13.3. The summed E-state index contributed by atoms with van der Waals surface area (Å²) in [7, 11) is 0. The van der Waals surface area contributed by atoms with Crippen LogP contribution in [0.5, 0.6) is 0 Å². The van der Waals surface area contributed by atoms with E-state index in [-0.39, 0.29) is 23.4 Å². The van der Waals surface area contributed by atoms with Gasteiger partial charge >= 0.3 is 0 Å². The van der Waals surface area contributed by atoms with Crippen molar-refractivity contribution in [2.45, 2.75) is 12.8 Å². The molecular weight excluding hydrogens is 432 g/mol. The number of amides is 2. The normalized spacial score (nSPS) is 19.0. The summed E-state index contributed by atoms with van der Waals surface area (Å²) in [5.41, 5.74) is 1.57. The van der Waals surface area contributed by atoms with Gasteiger partial charge in [0.25, 0.3) is 11.6 Å². The average Bonchev–Trinajstić information content (AvgIpc) is 2.84. The molecule has 168 valence electrons. The number of hydrogen-bond donors (Lipinski definition) is 0. The number of benzene rings is 2. The van der Waals surface area contributed by atoms with Crippen molar-refractivity contribution in [2.24, 2.45) is 5.92 Å². The Labute approximate surface area is 191 Å². The molecule has 8 nitrogen and oxygen atoms in total. The van der Waals surface area contributed by atoms with E-state index in [4.69, 9.17) is 11.6 Å². The lowest BCUT2D eigenvalue weighted by molar-refractivity contribution is -0.384. The second-order valence-corrected chi connectivity index (χ2v) is 8.62. The molecule has 0 bridgehead atoms. The number of anilines is 1. The third-order valence-electron chi connectivity index (χ3n) is 6.17. The Balaban J connectivity index is 1.33. The van der Waals surface area contributed by atoms with E-state index in [2.05, 4.69) is 4.90 Å². The number of nitro benzene ring substituents is 1. The first kappa shape index (κ1) is 22.1. The molecule has 0 N–H and O–H groups in total. The predicted octanol–water partition coefficient (Wildman–Crippen LogP) is 3.45. The Hall–Kier alpha value is -3.13. The van der Waals surface area contributed by atoms with Crippen LogP contribution in [0.1, 0.15) is 23.2 Å². The first-order valence-corrected chi connectivity index (χ1v) is 11.1. The fourth-order valence-electron chi connectivity index (χ4n) is 4.37. The highest BCUT2D eigenvalue weighted by molar-refractivity contribution is 6.30. The standard InChI is InChI=1S/C23H25ClN4O4/c24-19-5-3-17(4-6-19)22(29)27-11-1-2-18(16-27)23(30)26-14-12-25(13-15-26)20-7-9-21(10-8-20)28(31)32/h3-10,18H,1-2,11-16H2/t18-/m0/s1. The van der Waals surface area contributed by atoms with Gasteiger partial charge < -0.3 is 14.7 Å². The Morgan fingerprint density at radius 1 is 0.906 bits per heavy atom. The molecule has 2 fully saturated rings. The second kappa shape index (κ2) is 9.56. The van der Waals surface area contributed by atoms with Gasteiger partial charge in [-0.25, -0.2) is 0 Å². The molecule has 2 aromatic rings. The van der Waals surface area contributed by atoms with E-state index in [9.17, 15) is 19.7 Å². The maximum absolute atomic E-state index is 13.1. The van der Waals surface area contributed by atoms with E-state index in [0.29, 0.717) is 49.9 Å². The van der Waals surface area contributed by atoms with Crippen LogP contribution >= 0.6 is 11.6 Å². The van der Waals surface area contributed by atoms with Crippen LogP contribution in [-0.4, -0.2) is 65.8 Å². The van der Waals surface area contributed by atoms with Crippen molar-refractivity contribution in [3.8, 4) is 0 Å². The number of carbonyl (C=O) groups excluding carboxylic acids is 2.